The zero-order valence-electron chi connectivity index (χ0n) is 8.84. The van der Waals surface area contributed by atoms with E-state index in [9.17, 15) is 4.79 Å². The second-order valence-electron chi connectivity index (χ2n) is 3.40. The van der Waals surface area contributed by atoms with Gasteiger partial charge in [0, 0.05) is 13.2 Å². The van der Waals surface area contributed by atoms with Gasteiger partial charge in [0.1, 0.15) is 11.5 Å². The molecule has 0 fully saturated rings. The van der Waals surface area contributed by atoms with Crippen molar-refractivity contribution in [3.05, 3.63) is 42.4 Å². The standard InChI is InChI=1S/C11H12N4O/c1-15(10-5-4-8(12)7-14-10)11(16)9-3-2-6-13-9/h2-7,13H,12H2,1H3. The summed E-state index contributed by atoms with van der Waals surface area (Å²) in [7, 11) is 1.67. The number of H-pyrrole nitrogens is 1. The summed E-state index contributed by atoms with van der Waals surface area (Å²) in [6, 6.07) is 6.91. The fourth-order valence-electron chi connectivity index (χ4n) is 1.34. The molecule has 3 N–H and O–H groups in total. The number of aromatic nitrogens is 2. The summed E-state index contributed by atoms with van der Waals surface area (Å²) < 4.78 is 0. The molecule has 0 aliphatic rings. The Morgan fingerprint density at radius 3 is 2.81 bits per heavy atom. The highest BCUT2D eigenvalue weighted by atomic mass is 16.2. The molecule has 5 nitrogen and oxygen atoms in total. The summed E-state index contributed by atoms with van der Waals surface area (Å²) in [5.74, 6) is 0.427. The van der Waals surface area contributed by atoms with Crippen molar-refractivity contribution >= 4 is 17.4 Å². The van der Waals surface area contributed by atoms with E-state index in [2.05, 4.69) is 9.97 Å². The number of rotatable bonds is 2. The Labute approximate surface area is 92.9 Å². The van der Waals surface area contributed by atoms with Crippen molar-refractivity contribution in [3.63, 3.8) is 0 Å². The van der Waals surface area contributed by atoms with E-state index >= 15 is 0 Å². The van der Waals surface area contributed by atoms with Gasteiger partial charge in [-0.25, -0.2) is 4.98 Å². The molecule has 0 aliphatic heterocycles. The minimum Gasteiger partial charge on any atom is -0.397 e. The summed E-state index contributed by atoms with van der Waals surface area (Å²) in [5.41, 5.74) is 6.63. The lowest BCUT2D eigenvalue weighted by Gasteiger charge is -2.15. The van der Waals surface area contributed by atoms with Crippen LogP contribution >= 0.6 is 0 Å². The van der Waals surface area contributed by atoms with E-state index in [0.717, 1.165) is 0 Å². The first-order valence-corrected chi connectivity index (χ1v) is 4.81. The molecule has 2 heterocycles. The van der Waals surface area contributed by atoms with Crippen LogP contribution in [0.4, 0.5) is 11.5 Å². The number of nitrogens with one attached hydrogen (secondary N) is 1. The van der Waals surface area contributed by atoms with Crippen LogP contribution in [-0.4, -0.2) is 22.9 Å². The van der Waals surface area contributed by atoms with E-state index in [4.69, 9.17) is 5.73 Å². The first kappa shape index (κ1) is 10.2. The number of carbonyl (C=O) groups is 1. The number of aromatic amines is 1. The molecule has 82 valence electrons. The third-order valence-electron chi connectivity index (χ3n) is 2.25. The number of nitrogens with zero attached hydrogens (tertiary/aromatic N) is 2. The quantitative estimate of drug-likeness (QED) is 0.793. The van der Waals surface area contributed by atoms with Gasteiger partial charge in [-0.05, 0) is 24.3 Å². The van der Waals surface area contributed by atoms with Crippen molar-refractivity contribution in [2.45, 2.75) is 0 Å². The van der Waals surface area contributed by atoms with Crippen LogP contribution < -0.4 is 10.6 Å². The average molecular weight is 216 g/mol. The van der Waals surface area contributed by atoms with Gasteiger partial charge in [0.05, 0.1) is 11.9 Å². The smallest absolute Gasteiger partial charge is 0.275 e. The van der Waals surface area contributed by atoms with Crippen LogP contribution in [0.2, 0.25) is 0 Å². The first-order chi connectivity index (χ1) is 7.68. The Kier molecular flexibility index (Phi) is 2.59. The van der Waals surface area contributed by atoms with Crippen molar-refractivity contribution in [1.29, 1.82) is 0 Å². The Bertz CT molecular complexity index is 475. The van der Waals surface area contributed by atoms with Crippen LogP contribution in [0, 0.1) is 0 Å². The Balaban J connectivity index is 2.22. The van der Waals surface area contributed by atoms with Crippen LogP contribution in [0.25, 0.3) is 0 Å². The van der Waals surface area contributed by atoms with Crippen molar-refractivity contribution < 1.29 is 4.79 Å². The van der Waals surface area contributed by atoms with E-state index < -0.39 is 0 Å². The highest BCUT2D eigenvalue weighted by Crippen LogP contribution is 2.12. The number of nitrogen functional groups attached to an aromatic ring is 1. The van der Waals surface area contributed by atoms with Gasteiger partial charge in [0.15, 0.2) is 0 Å². The van der Waals surface area contributed by atoms with Crippen molar-refractivity contribution in [1.82, 2.24) is 9.97 Å². The number of nitrogens with two attached hydrogens (primary N) is 1. The largest absolute Gasteiger partial charge is 0.397 e. The van der Waals surface area contributed by atoms with E-state index in [0.29, 0.717) is 17.2 Å². The van der Waals surface area contributed by atoms with Gasteiger partial charge in [-0.15, -0.1) is 0 Å². The predicted molar refractivity (Wildman–Crippen MR) is 62.2 cm³/mol. The number of anilines is 2. The van der Waals surface area contributed by atoms with E-state index in [1.165, 1.54) is 11.1 Å². The zero-order chi connectivity index (χ0) is 11.5. The van der Waals surface area contributed by atoms with Gasteiger partial charge >= 0.3 is 0 Å². The molecule has 0 unspecified atom stereocenters. The summed E-state index contributed by atoms with van der Waals surface area (Å²) in [4.78, 5) is 20.3. The summed E-state index contributed by atoms with van der Waals surface area (Å²) in [5, 5.41) is 0. The number of hydrogen-bond acceptors (Lipinski definition) is 3. The molecule has 0 saturated carbocycles. The minimum atomic E-state index is -0.137. The molecule has 1 amide bonds. The second-order valence-corrected chi connectivity index (χ2v) is 3.40. The Morgan fingerprint density at radius 2 is 2.25 bits per heavy atom. The molecule has 0 aromatic carbocycles. The summed E-state index contributed by atoms with van der Waals surface area (Å²) in [6.07, 6.45) is 3.23. The van der Waals surface area contributed by atoms with Crippen LogP contribution in [0.3, 0.4) is 0 Å². The lowest BCUT2D eigenvalue weighted by Crippen LogP contribution is -2.27. The second kappa shape index (κ2) is 4.06. The lowest BCUT2D eigenvalue weighted by molar-refractivity contribution is 0.0988. The summed E-state index contributed by atoms with van der Waals surface area (Å²) in [6.45, 7) is 0. The average Bonchev–Trinajstić information content (AvgIpc) is 2.81. The lowest BCUT2D eigenvalue weighted by atomic mass is 10.3. The molecule has 5 heteroatoms. The van der Waals surface area contributed by atoms with Crippen LogP contribution in [-0.2, 0) is 0 Å². The first-order valence-electron chi connectivity index (χ1n) is 4.81. The fraction of sp³-hybridized carbons (Fsp3) is 0.0909. The summed E-state index contributed by atoms with van der Waals surface area (Å²) >= 11 is 0. The van der Waals surface area contributed by atoms with E-state index in [1.54, 1.807) is 37.5 Å². The monoisotopic (exact) mass is 216 g/mol. The van der Waals surface area contributed by atoms with Crippen LogP contribution in [0.5, 0.6) is 0 Å². The van der Waals surface area contributed by atoms with Crippen LogP contribution in [0.1, 0.15) is 10.5 Å². The molecule has 0 bridgehead atoms. The molecule has 2 aromatic rings. The SMILES string of the molecule is CN(C(=O)c1ccc[nH]1)c1ccc(N)cn1. The van der Waals surface area contributed by atoms with Gasteiger partial charge in [-0.1, -0.05) is 0 Å². The van der Waals surface area contributed by atoms with Gasteiger partial charge in [-0.3, -0.25) is 9.69 Å². The highest BCUT2D eigenvalue weighted by molar-refractivity contribution is 6.03. The van der Waals surface area contributed by atoms with Crippen LogP contribution in [0.15, 0.2) is 36.7 Å². The molecule has 0 atom stereocenters. The Hall–Kier alpha value is -2.30. The minimum absolute atomic E-state index is 0.137. The molecule has 0 aliphatic carbocycles. The van der Waals surface area contributed by atoms with Gasteiger partial charge in [0.25, 0.3) is 5.91 Å². The van der Waals surface area contributed by atoms with Gasteiger partial charge in [-0.2, -0.15) is 0 Å². The molecule has 16 heavy (non-hydrogen) atoms. The predicted octanol–water partition coefficient (Wildman–Crippen LogP) is 1.27. The molecular formula is C11H12N4O. The molecule has 0 saturated heterocycles. The topological polar surface area (TPSA) is 75.0 Å². The molecular weight excluding hydrogens is 204 g/mol. The third kappa shape index (κ3) is 1.88. The zero-order valence-corrected chi connectivity index (χ0v) is 8.84. The molecule has 0 radical (unpaired) electrons. The Morgan fingerprint density at radius 1 is 1.44 bits per heavy atom. The number of hydrogen-bond donors (Lipinski definition) is 2. The third-order valence-corrected chi connectivity index (χ3v) is 2.25. The highest BCUT2D eigenvalue weighted by Gasteiger charge is 2.14. The number of amides is 1. The maximum absolute atomic E-state index is 11.9. The number of pyridine rings is 1. The maximum atomic E-state index is 11.9. The van der Waals surface area contributed by atoms with Crippen molar-refractivity contribution in [3.8, 4) is 0 Å². The number of carbonyl (C=O) groups excluding carboxylic acids is 1. The molecule has 2 rings (SSSR count). The molecule has 0 spiro atoms. The maximum Gasteiger partial charge on any atom is 0.275 e. The molecule has 2 aromatic heterocycles. The van der Waals surface area contributed by atoms with E-state index in [-0.39, 0.29) is 5.91 Å². The normalized spacial score (nSPS) is 10.1. The van der Waals surface area contributed by atoms with Crippen molar-refractivity contribution in [2.24, 2.45) is 0 Å². The van der Waals surface area contributed by atoms with Gasteiger partial charge in [0.2, 0.25) is 0 Å². The fourth-order valence-corrected chi connectivity index (χ4v) is 1.34. The van der Waals surface area contributed by atoms with Crippen molar-refractivity contribution in [2.75, 3.05) is 17.7 Å². The van der Waals surface area contributed by atoms with E-state index in [1.807, 2.05) is 0 Å². The van der Waals surface area contributed by atoms with Gasteiger partial charge < -0.3 is 10.7 Å².